The number of ether oxygens (including phenoxy) is 1. The van der Waals surface area contributed by atoms with E-state index in [2.05, 4.69) is 10.6 Å². The quantitative estimate of drug-likeness (QED) is 0.699. The third-order valence-electron chi connectivity index (χ3n) is 3.83. The summed E-state index contributed by atoms with van der Waals surface area (Å²) in [4.78, 5) is 12.0. The van der Waals surface area contributed by atoms with Crippen molar-refractivity contribution in [2.75, 3.05) is 20.2 Å². The highest BCUT2D eigenvalue weighted by atomic mass is 16.5. The largest absolute Gasteiger partial charge is 0.468 e. The van der Waals surface area contributed by atoms with Crippen LogP contribution in [0, 0.1) is 0 Å². The minimum absolute atomic E-state index is 0.0825. The highest BCUT2D eigenvalue weighted by Gasteiger charge is 2.42. The summed E-state index contributed by atoms with van der Waals surface area (Å²) in [5.41, 5.74) is -0.422. The zero-order valence-electron chi connectivity index (χ0n) is 10.1. The molecule has 2 aliphatic rings. The number of hydrogen-bond donors (Lipinski definition) is 2. The Morgan fingerprint density at radius 2 is 2.25 bits per heavy atom. The number of esters is 1. The van der Waals surface area contributed by atoms with Crippen LogP contribution in [-0.2, 0) is 9.53 Å². The number of carbonyl (C=O) groups excluding carboxylic acids is 1. The van der Waals surface area contributed by atoms with Crippen molar-refractivity contribution in [3.63, 3.8) is 0 Å². The first-order valence-corrected chi connectivity index (χ1v) is 6.34. The predicted molar refractivity (Wildman–Crippen MR) is 62.2 cm³/mol. The molecule has 2 unspecified atom stereocenters. The summed E-state index contributed by atoms with van der Waals surface area (Å²) in [7, 11) is 1.49. The zero-order valence-corrected chi connectivity index (χ0v) is 10.1. The molecule has 4 nitrogen and oxygen atoms in total. The summed E-state index contributed by atoms with van der Waals surface area (Å²) in [6.45, 7) is 2.02. The summed E-state index contributed by atoms with van der Waals surface area (Å²) in [5.74, 6) is -0.0825. The summed E-state index contributed by atoms with van der Waals surface area (Å²) >= 11 is 0. The SMILES string of the molecule is COC(=O)C1(CC2CCCN2)CCCCN1. The second-order valence-corrected chi connectivity index (χ2v) is 4.95. The van der Waals surface area contributed by atoms with E-state index in [4.69, 9.17) is 4.74 Å². The molecule has 92 valence electrons. The summed E-state index contributed by atoms with van der Waals surface area (Å²) in [5, 5.41) is 6.86. The number of rotatable bonds is 3. The fraction of sp³-hybridized carbons (Fsp3) is 0.917. The first-order chi connectivity index (χ1) is 7.77. The highest BCUT2D eigenvalue weighted by Crippen LogP contribution is 2.28. The molecular weight excluding hydrogens is 204 g/mol. The van der Waals surface area contributed by atoms with Crippen LogP contribution in [0.4, 0.5) is 0 Å². The molecule has 2 N–H and O–H groups in total. The Morgan fingerprint density at radius 1 is 1.38 bits per heavy atom. The number of carbonyl (C=O) groups is 1. The summed E-state index contributed by atoms with van der Waals surface area (Å²) in [6.07, 6.45) is 6.48. The van der Waals surface area contributed by atoms with Crippen molar-refractivity contribution in [2.24, 2.45) is 0 Å². The molecule has 2 atom stereocenters. The topological polar surface area (TPSA) is 50.4 Å². The van der Waals surface area contributed by atoms with Gasteiger partial charge >= 0.3 is 5.97 Å². The lowest BCUT2D eigenvalue weighted by atomic mass is 9.83. The molecule has 0 aromatic rings. The van der Waals surface area contributed by atoms with Gasteiger partial charge in [-0.2, -0.15) is 0 Å². The fourth-order valence-electron chi connectivity index (χ4n) is 2.95. The first-order valence-electron chi connectivity index (χ1n) is 6.34. The molecule has 0 spiro atoms. The molecule has 4 heteroatoms. The maximum absolute atomic E-state index is 12.0. The Balaban J connectivity index is 2.03. The summed E-state index contributed by atoms with van der Waals surface area (Å²) < 4.78 is 4.97. The van der Waals surface area contributed by atoms with Gasteiger partial charge in [-0.1, -0.05) is 0 Å². The average molecular weight is 226 g/mol. The van der Waals surface area contributed by atoms with Crippen molar-refractivity contribution in [3.05, 3.63) is 0 Å². The molecule has 16 heavy (non-hydrogen) atoms. The van der Waals surface area contributed by atoms with E-state index >= 15 is 0 Å². The Hall–Kier alpha value is -0.610. The first kappa shape index (κ1) is 11.9. The van der Waals surface area contributed by atoms with Crippen LogP contribution < -0.4 is 10.6 Å². The lowest BCUT2D eigenvalue weighted by Crippen LogP contribution is -2.57. The van der Waals surface area contributed by atoms with Gasteiger partial charge in [0.1, 0.15) is 5.54 Å². The second-order valence-electron chi connectivity index (χ2n) is 4.95. The molecular formula is C12H22N2O2. The van der Waals surface area contributed by atoms with Gasteiger partial charge in [-0.15, -0.1) is 0 Å². The Bertz CT molecular complexity index is 243. The van der Waals surface area contributed by atoms with Crippen LogP contribution in [-0.4, -0.2) is 37.7 Å². The third kappa shape index (κ3) is 2.38. The van der Waals surface area contributed by atoms with E-state index in [1.807, 2.05) is 0 Å². The molecule has 2 saturated heterocycles. The molecule has 0 amide bonds. The van der Waals surface area contributed by atoms with Crippen LogP contribution in [0.3, 0.4) is 0 Å². The van der Waals surface area contributed by atoms with Gasteiger partial charge in [0.25, 0.3) is 0 Å². The van der Waals surface area contributed by atoms with Crippen LogP contribution in [0.25, 0.3) is 0 Å². The van der Waals surface area contributed by atoms with Crippen molar-refractivity contribution in [2.45, 2.75) is 50.1 Å². The predicted octanol–water partition coefficient (Wildman–Crippen LogP) is 0.814. The number of nitrogens with one attached hydrogen (secondary N) is 2. The van der Waals surface area contributed by atoms with E-state index in [1.54, 1.807) is 0 Å². The van der Waals surface area contributed by atoms with Crippen molar-refractivity contribution >= 4 is 5.97 Å². The lowest BCUT2D eigenvalue weighted by molar-refractivity contribution is -0.150. The maximum Gasteiger partial charge on any atom is 0.326 e. The molecule has 0 aliphatic carbocycles. The van der Waals surface area contributed by atoms with E-state index in [0.29, 0.717) is 6.04 Å². The number of piperidine rings is 1. The molecule has 0 aromatic heterocycles. The monoisotopic (exact) mass is 226 g/mol. The number of hydrogen-bond acceptors (Lipinski definition) is 4. The van der Waals surface area contributed by atoms with E-state index in [-0.39, 0.29) is 5.97 Å². The molecule has 0 radical (unpaired) electrons. The second kappa shape index (κ2) is 5.15. The Labute approximate surface area is 97.1 Å². The zero-order chi connectivity index (χ0) is 11.4. The van der Waals surface area contributed by atoms with E-state index in [1.165, 1.54) is 20.0 Å². The van der Waals surface area contributed by atoms with Gasteiger partial charge in [-0.3, -0.25) is 4.79 Å². The van der Waals surface area contributed by atoms with Gasteiger partial charge in [0.05, 0.1) is 7.11 Å². The fourth-order valence-corrected chi connectivity index (χ4v) is 2.95. The Morgan fingerprint density at radius 3 is 2.81 bits per heavy atom. The normalized spacial score (nSPS) is 34.9. The van der Waals surface area contributed by atoms with Gasteiger partial charge in [0, 0.05) is 6.04 Å². The molecule has 0 bridgehead atoms. The molecule has 2 aliphatic heterocycles. The van der Waals surface area contributed by atoms with Crippen molar-refractivity contribution in [1.29, 1.82) is 0 Å². The van der Waals surface area contributed by atoms with Gasteiger partial charge in [0.2, 0.25) is 0 Å². The molecule has 2 rings (SSSR count). The van der Waals surface area contributed by atoms with Gasteiger partial charge in [0.15, 0.2) is 0 Å². The third-order valence-corrected chi connectivity index (χ3v) is 3.83. The van der Waals surface area contributed by atoms with Gasteiger partial charge in [-0.25, -0.2) is 0 Å². The van der Waals surface area contributed by atoms with E-state index in [9.17, 15) is 4.79 Å². The smallest absolute Gasteiger partial charge is 0.326 e. The Kier molecular flexibility index (Phi) is 3.82. The van der Waals surface area contributed by atoms with Crippen LogP contribution in [0.2, 0.25) is 0 Å². The molecule has 0 aromatic carbocycles. The van der Waals surface area contributed by atoms with Crippen LogP contribution in [0.15, 0.2) is 0 Å². The van der Waals surface area contributed by atoms with Gasteiger partial charge < -0.3 is 15.4 Å². The maximum atomic E-state index is 12.0. The summed E-state index contributed by atoms with van der Waals surface area (Å²) in [6, 6.07) is 0.477. The molecule has 2 fully saturated rings. The number of methoxy groups -OCH3 is 1. The average Bonchev–Trinajstić information content (AvgIpc) is 2.82. The van der Waals surface area contributed by atoms with Crippen LogP contribution >= 0.6 is 0 Å². The van der Waals surface area contributed by atoms with Gasteiger partial charge in [-0.05, 0) is 51.6 Å². The highest BCUT2D eigenvalue weighted by molar-refractivity contribution is 5.81. The van der Waals surface area contributed by atoms with Crippen molar-refractivity contribution < 1.29 is 9.53 Å². The van der Waals surface area contributed by atoms with Crippen LogP contribution in [0.5, 0.6) is 0 Å². The minimum atomic E-state index is -0.422. The van der Waals surface area contributed by atoms with Crippen molar-refractivity contribution in [1.82, 2.24) is 10.6 Å². The molecule has 0 saturated carbocycles. The van der Waals surface area contributed by atoms with Crippen LogP contribution in [0.1, 0.15) is 38.5 Å². The van der Waals surface area contributed by atoms with E-state index < -0.39 is 5.54 Å². The standard InChI is InChI=1S/C12H22N2O2/c1-16-11(15)12(6-2-3-8-14-12)9-10-5-4-7-13-10/h10,13-14H,2-9H2,1H3. The minimum Gasteiger partial charge on any atom is -0.468 e. The molecule has 2 heterocycles. The van der Waals surface area contributed by atoms with E-state index in [0.717, 1.165) is 38.8 Å². The lowest BCUT2D eigenvalue weighted by Gasteiger charge is -2.37. The van der Waals surface area contributed by atoms with Crippen molar-refractivity contribution in [3.8, 4) is 0 Å².